The maximum absolute atomic E-state index is 12.4. The summed E-state index contributed by atoms with van der Waals surface area (Å²) in [5.41, 5.74) is 5.69. The van der Waals surface area contributed by atoms with Gasteiger partial charge in [0.15, 0.2) is 0 Å². The van der Waals surface area contributed by atoms with Gasteiger partial charge in [-0.1, -0.05) is 13.8 Å². The fourth-order valence-corrected chi connectivity index (χ4v) is 3.66. The Labute approximate surface area is 141 Å². The Morgan fingerprint density at radius 2 is 1.95 bits per heavy atom. The highest BCUT2D eigenvalue weighted by Crippen LogP contribution is 2.51. The minimum absolute atomic E-state index is 0. The summed E-state index contributed by atoms with van der Waals surface area (Å²) in [5, 5.41) is 0. The lowest BCUT2D eigenvalue weighted by molar-refractivity contribution is -0.178. The number of halogens is 1. The predicted molar refractivity (Wildman–Crippen MR) is 91.3 cm³/mol. The van der Waals surface area contributed by atoms with Crippen molar-refractivity contribution in [2.75, 3.05) is 27.3 Å². The van der Waals surface area contributed by atoms with Crippen LogP contribution in [0.25, 0.3) is 0 Å². The second kappa shape index (κ2) is 9.71. The molecule has 0 aromatic heterocycles. The van der Waals surface area contributed by atoms with Crippen molar-refractivity contribution < 1.29 is 14.3 Å². The monoisotopic (exact) mass is 336 g/mol. The Morgan fingerprint density at radius 3 is 2.36 bits per heavy atom. The quantitative estimate of drug-likeness (QED) is 0.701. The zero-order valence-electron chi connectivity index (χ0n) is 14.6. The highest BCUT2D eigenvalue weighted by molar-refractivity contribution is 5.85. The molecule has 1 amide bonds. The molecule has 1 aliphatic rings. The zero-order chi connectivity index (χ0) is 16.0. The molecular weight excluding hydrogens is 304 g/mol. The number of nitrogens with zero attached hydrogens (tertiary/aromatic N) is 1. The van der Waals surface area contributed by atoms with Gasteiger partial charge in [-0.05, 0) is 26.2 Å². The molecule has 3 atom stereocenters. The van der Waals surface area contributed by atoms with Crippen LogP contribution in [0.3, 0.4) is 0 Å². The van der Waals surface area contributed by atoms with Crippen LogP contribution in [0.15, 0.2) is 0 Å². The first-order chi connectivity index (χ1) is 10.00. The van der Waals surface area contributed by atoms with Crippen LogP contribution in [0.2, 0.25) is 0 Å². The topological polar surface area (TPSA) is 64.8 Å². The first-order valence-corrected chi connectivity index (χ1v) is 8.10. The van der Waals surface area contributed by atoms with E-state index in [4.69, 9.17) is 15.2 Å². The van der Waals surface area contributed by atoms with E-state index in [-0.39, 0.29) is 42.0 Å². The summed E-state index contributed by atoms with van der Waals surface area (Å²) in [7, 11) is 3.50. The van der Waals surface area contributed by atoms with E-state index in [1.54, 1.807) is 7.11 Å². The van der Waals surface area contributed by atoms with E-state index in [1.165, 1.54) is 0 Å². The van der Waals surface area contributed by atoms with Crippen molar-refractivity contribution in [2.24, 2.45) is 11.1 Å². The Bertz CT molecular complexity index is 333. The van der Waals surface area contributed by atoms with Crippen LogP contribution in [0.4, 0.5) is 0 Å². The van der Waals surface area contributed by atoms with Crippen molar-refractivity contribution in [3.05, 3.63) is 0 Å². The highest BCUT2D eigenvalue weighted by Gasteiger charge is 2.55. The Hall–Kier alpha value is -0.360. The highest BCUT2D eigenvalue weighted by atomic mass is 35.5. The van der Waals surface area contributed by atoms with Crippen LogP contribution in [-0.2, 0) is 14.3 Å². The third kappa shape index (κ3) is 4.13. The second-order valence-electron chi connectivity index (χ2n) is 5.94. The van der Waals surface area contributed by atoms with Crippen LogP contribution >= 0.6 is 12.4 Å². The van der Waals surface area contributed by atoms with Gasteiger partial charge in [-0.3, -0.25) is 4.79 Å². The maximum Gasteiger partial charge on any atom is 0.225 e. The lowest BCUT2D eigenvalue weighted by Gasteiger charge is -2.58. The Morgan fingerprint density at radius 1 is 1.36 bits per heavy atom. The minimum Gasteiger partial charge on any atom is -0.380 e. The molecule has 0 bridgehead atoms. The average molecular weight is 337 g/mol. The van der Waals surface area contributed by atoms with Crippen molar-refractivity contribution in [3.63, 3.8) is 0 Å². The van der Waals surface area contributed by atoms with E-state index >= 15 is 0 Å². The lowest BCUT2D eigenvalue weighted by Crippen LogP contribution is -2.64. The largest absolute Gasteiger partial charge is 0.380 e. The summed E-state index contributed by atoms with van der Waals surface area (Å²) in [5.74, 6) is 0.110. The number of hydrogen-bond acceptors (Lipinski definition) is 4. The predicted octanol–water partition coefficient (Wildman–Crippen LogP) is 2.21. The molecule has 1 rings (SSSR count). The molecule has 0 heterocycles. The van der Waals surface area contributed by atoms with Crippen molar-refractivity contribution in [1.29, 1.82) is 0 Å². The molecule has 132 valence electrons. The molecule has 1 aliphatic carbocycles. The van der Waals surface area contributed by atoms with Crippen LogP contribution in [0, 0.1) is 5.41 Å². The number of carbonyl (C=O) groups excluding carboxylic acids is 1. The van der Waals surface area contributed by atoms with Crippen LogP contribution in [0.5, 0.6) is 0 Å². The maximum atomic E-state index is 12.4. The Balaban J connectivity index is 0.00000441. The number of carbonyl (C=O) groups is 1. The van der Waals surface area contributed by atoms with E-state index < -0.39 is 0 Å². The standard InChI is InChI=1S/C16H32N2O3.ClH/c1-6-16(7-2)13(10-14(16)21-8-3)18(4)15(19)9-12(11-17)20-5;/h12-14H,6-11,17H2,1-5H3;1H. The summed E-state index contributed by atoms with van der Waals surface area (Å²) in [6.07, 6.45) is 3.41. The molecule has 0 aromatic rings. The third-order valence-corrected chi connectivity index (χ3v) is 5.29. The summed E-state index contributed by atoms with van der Waals surface area (Å²) < 4.78 is 11.1. The van der Waals surface area contributed by atoms with E-state index in [1.807, 2.05) is 18.9 Å². The van der Waals surface area contributed by atoms with E-state index in [2.05, 4.69) is 13.8 Å². The number of amides is 1. The van der Waals surface area contributed by atoms with Gasteiger partial charge >= 0.3 is 0 Å². The van der Waals surface area contributed by atoms with E-state index in [0.29, 0.717) is 13.0 Å². The molecule has 2 N–H and O–H groups in total. The first kappa shape index (κ1) is 21.6. The molecule has 1 fully saturated rings. The second-order valence-corrected chi connectivity index (χ2v) is 5.94. The molecule has 0 saturated heterocycles. The zero-order valence-corrected chi connectivity index (χ0v) is 15.4. The summed E-state index contributed by atoms with van der Waals surface area (Å²) in [6, 6.07) is 0.256. The molecule has 5 nitrogen and oxygen atoms in total. The fraction of sp³-hybridized carbons (Fsp3) is 0.938. The van der Waals surface area contributed by atoms with Crippen LogP contribution in [0.1, 0.15) is 46.5 Å². The SMILES string of the molecule is CCOC1CC(N(C)C(=O)CC(CN)OC)C1(CC)CC.Cl. The van der Waals surface area contributed by atoms with Crippen molar-refractivity contribution >= 4 is 18.3 Å². The first-order valence-electron chi connectivity index (χ1n) is 8.10. The van der Waals surface area contributed by atoms with Gasteiger partial charge in [-0.25, -0.2) is 0 Å². The average Bonchev–Trinajstić information content (AvgIpc) is 2.49. The molecule has 0 aliphatic heterocycles. The van der Waals surface area contributed by atoms with Gasteiger partial charge in [0.1, 0.15) is 0 Å². The van der Waals surface area contributed by atoms with Gasteiger partial charge < -0.3 is 20.1 Å². The normalized spacial score (nSPS) is 24.1. The van der Waals surface area contributed by atoms with Crippen molar-refractivity contribution in [3.8, 4) is 0 Å². The van der Waals surface area contributed by atoms with Crippen molar-refractivity contribution in [2.45, 2.75) is 64.7 Å². The number of hydrogen-bond donors (Lipinski definition) is 1. The third-order valence-electron chi connectivity index (χ3n) is 5.29. The van der Waals surface area contributed by atoms with Gasteiger partial charge in [0.2, 0.25) is 5.91 Å². The number of methoxy groups -OCH3 is 1. The number of nitrogens with two attached hydrogens (primary N) is 1. The molecule has 0 spiro atoms. The van der Waals surface area contributed by atoms with Crippen LogP contribution in [-0.4, -0.2) is 56.4 Å². The van der Waals surface area contributed by atoms with Gasteiger partial charge in [0.05, 0.1) is 18.6 Å². The molecule has 0 radical (unpaired) electrons. The minimum atomic E-state index is -0.194. The molecule has 1 saturated carbocycles. The van der Waals surface area contributed by atoms with Gasteiger partial charge in [-0.15, -0.1) is 12.4 Å². The molecule has 22 heavy (non-hydrogen) atoms. The molecule has 3 unspecified atom stereocenters. The fourth-order valence-electron chi connectivity index (χ4n) is 3.66. The molecular formula is C16H33ClN2O3. The number of rotatable bonds is 9. The lowest BCUT2D eigenvalue weighted by atomic mass is 9.58. The summed E-state index contributed by atoms with van der Waals surface area (Å²) in [6.45, 7) is 7.52. The van der Waals surface area contributed by atoms with Gasteiger partial charge in [-0.2, -0.15) is 0 Å². The smallest absolute Gasteiger partial charge is 0.225 e. The molecule has 0 aromatic carbocycles. The van der Waals surface area contributed by atoms with E-state index in [9.17, 15) is 4.79 Å². The molecule has 6 heteroatoms. The summed E-state index contributed by atoms with van der Waals surface area (Å²) >= 11 is 0. The summed E-state index contributed by atoms with van der Waals surface area (Å²) in [4.78, 5) is 14.3. The van der Waals surface area contributed by atoms with Gasteiger partial charge in [0.25, 0.3) is 0 Å². The Kier molecular flexibility index (Phi) is 9.55. The van der Waals surface area contributed by atoms with E-state index in [0.717, 1.165) is 25.9 Å². The van der Waals surface area contributed by atoms with Crippen molar-refractivity contribution in [1.82, 2.24) is 4.90 Å². The number of ether oxygens (including phenoxy) is 2. The van der Waals surface area contributed by atoms with Crippen LogP contribution < -0.4 is 5.73 Å². The van der Waals surface area contributed by atoms with Gasteiger partial charge in [0, 0.05) is 38.8 Å².